The zero-order valence-corrected chi connectivity index (χ0v) is 17.3. The number of hydrogen-bond donors (Lipinski definition) is 4. The molecule has 0 unspecified atom stereocenters. The molecule has 7 nitrogen and oxygen atoms in total. The van der Waals surface area contributed by atoms with Crippen LogP contribution in [0.15, 0.2) is 61.1 Å². The molecule has 0 saturated carbocycles. The molecule has 2 aromatic carbocycles. The van der Waals surface area contributed by atoms with Crippen LogP contribution in [-0.4, -0.2) is 33.6 Å². The van der Waals surface area contributed by atoms with E-state index >= 15 is 0 Å². The maximum atomic E-state index is 6.22. The summed E-state index contributed by atoms with van der Waals surface area (Å²) < 4.78 is 5.28. The number of nitrogens with two attached hydrogens (primary N) is 1. The molecular weight excluding hydrogens is 388 g/mol. The van der Waals surface area contributed by atoms with E-state index in [4.69, 9.17) is 10.5 Å². The molecule has 0 saturated heterocycles. The van der Waals surface area contributed by atoms with Gasteiger partial charge in [-0.15, -0.1) is 0 Å². The minimum Gasteiger partial charge on any atom is -0.497 e. The average molecular weight is 412 g/mol. The van der Waals surface area contributed by atoms with Crippen LogP contribution in [0.2, 0.25) is 0 Å². The van der Waals surface area contributed by atoms with Gasteiger partial charge in [-0.2, -0.15) is 4.98 Å². The standard InChI is InChI=1S/C24H24N6O/c1-31-19-3-4-20-17(13-28-22(20)12-19)7-9-27-24-29-14-18(23(25)30-24)11-15-2-5-21-16(10-15)6-8-26-21/h2-6,8,10,12-14,26,28H,7,9,11H2,1H3,(H3,25,27,29,30). The van der Waals surface area contributed by atoms with Gasteiger partial charge in [0.2, 0.25) is 5.95 Å². The number of H-pyrrole nitrogens is 2. The summed E-state index contributed by atoms with van der Waals surface area (Å²) in [6.07, 6.45) is 7.33. The molecule has 5 N–H and O–H groups in total. The highest BCUT2D eigenvalue weighted by atomic mass is 16.5. The minimum atomic E-state index is 0.505. The van der Waals surface area contributed by atoms with Gasteiger partial charge in [-0.1, -0.05) is 6.07 Å². The lowest BCUT2D eigenvalue weighted by Crippen LogP contribution is -2.10. The number of anilines is 2. The lowest BCUT2D eigenvalue weighted by molar-refractivity contribution is 0.415. The van der Waals surface area contributed by atoms with Gasteiger partial charge in [-0.3, -0.25) is 0 Å². The third kappa shape index (κ3) is 3.90. The quantitative estimate of drug-likeness (QED) is 0.319. The molecule has 3 aromatic heterocycles. The van der Waals surface area contributed by atoms with Crippen molar-refractivity contribution in [2.24, 2.45) is 0 Å². The van der Waals surface area contributed by atoms with Crippen molar-refractivity contribution in [2.75, 3.05) is 24.7 Å². The zero-order valence-electron chi connectivity index (χ0n) is 17.3. The van der Waals surface area contributed by atoms with Gasteiger partial charge in [0.15, 0.2) is 0 Å². The number of nitrogens with zero attached hydrogens (tertiary/aromatic N) is 2. The molecule has 0 amide bonds. The Hall–Kier alpha value is -4.00. The number of hydrogen-bond acceptors (Lipinski definition) is 5. The number of benzene rings is 2. The molecule has 0 fully saturated rings. The van der Waals surface area contributed by atoms with Crippen molar-refractivity contribution in [1.82, 2.24) is 19.9 Å². The Morgan fingerprint density at radius 2 is 1.97 bits per heavy atom. The van der Waals surface area contributed by atoms with Crippen LogP contribution in [0, 0.1) is 0 Å². The van der Waals surface area contributed by atoms with Crippen LogP contribution in [0.25, 0.3) is 21.8 Å². The summed E-state index contributed by atoms with van der Waals surface area (Å²) in [4.78, 5) is 15.4. The molecule has 0 bridgehead atoms. The Labute approximate surface area is 179 Å². The van der Waals surface area contributed by atoms with Crippen LogP contribution in [0.1, 0.15) is 16.7 Å². The van der Waals surface area contributed by atoms with Crippen LogP contribution < -0.4 is 15.8 Å². The second-order valence-electron chi connectivity index (χ2n) is 7.58. The number of fused-ring (bicyclic) bond motifs is 2. The molecular formula is C24H24N6O. The minimum absolute atomic E-state index is 0.505. The zero-order chi connectivity index (χ0) is 21.2. The SMILES string of the molecule is COc1ccc2c(CCNc3ncc(Cc4ccc5[nH]ccc5c4)c(N)n3)c[nH]c2c1. The van der Waals surface area contributed by atoms with Crippen molar-refractivity contribution >= 4 is 33.6 Å². The van der Waals surface area contributed by atoms with Crippen molar-refractivity contribution in [2.45, 2.75) is 12.8 Å². The highest BCUT2D eigenvalue weighted by Crippen LogP contribution is 2.24. The maximum absolute atomic E-state index is 6.22. The van der Waals surface area contributed by atoms with Gasteiger partial charge in [0.05, 0.1) is 7.11 Å². The highest BCUT2D eigenvalue weighted by molar-refractivity contribution is 5.84. The van der Waals surface area contributed by atoms with E-state index in [1.165, 1.54) is 21.9 Å². The first kappa shape index (κ1) is 19.0. The molecule has 0 spiro atoms. The second-order valence-corrected chi connectivity index (χ2v) is 7.58. The van der Waals surface area contributed by atoms with E-state index < -0.39 is 0 Å². The predicted molar refractivity (Wildman–Crippen MR) is 125 cm³/mol. The van der Waals surface area contributed by atoms with Crippen LogP contribution in [0.5, 0.6) is 5.75 Å². The van der Waals surface area contributed by atoms with Crippen molar-refractivity contribution in [3.63, 3.8) is 0 Å². The number of methoxy groups -OCH3 is 1. The summed E-state index contributed by atoms with van der Waals surface area (Å²) in [6.45, 7) is 0.710. The fraction of sp³-hybridized carbons (Fsp3) is 0.167. The van der Waals surface area contributed by atoms with Crippen molar-refractivity contribution in [3.05, 3.63) is 77.7 Å². The Morgan fingerprint density at radius 1 is 1.03 bits per heavy atom. The van der Waals surface area contributed by atoms with E-state index in [0.29, 0.717) is 24.7 Å². The largest absolute Gasteiger partial charge is 0.497 e. The molecule has 0 aliphatic heterocycles. The van der Waals surface area contributed by atoms with E-state index in [1.807, 2.05) is 30.7 Å². The molecule has 0 radical (unpaired) electrons. The van der Waals surface area contributed by atoms with E-state index in [0.717, 1.165) is 28.8 Å². The van der Waals surface area contributed by atoms with E-state index in [1.54, 1.807) is 7.11 Å². The number of ether oxygens (including phenoxy) is 1. The van der Waals surface area contributed by atoms with Gasteiger partial charge in [0, 0.05) is 59.6 Å². The summed E-state index contributed by atoms with van der Waals surface area (Å²) in [6, 6.07) is 14.5. The summed E-state index contributed by atoms with van der Waals surface area (Å²) >= 11 is 0. The molecule has 0 aliphatic rings. The number of rotatable bonds is 7. The topological polar surface area (TPSA) is 105 Å². The smallest absolute Gasteiger partial charge is 0.224 e. The molecule has 3 heterocycles. The van der Waals surface area contributed by atoms with Gasteiger partial charge >= 0.3 is 0 Å². The first-order valence-corrected chi connectivity index (χ1v) is 10.2. The van der Waals surface area contributed by atoms with Crippen LogP contribution in [-0.2, 0) is 12.8 Å². The molecule has 5 rings (SSSR count). The van der Waals surface area contributed by atoms with Crippen molar-refractivity contribution in [1.29, 1.82) is 0 Å². The molecule has 31 heavy (non-hydrogen) atoms. The second kappa shape index (κ2) is 8.02. The first-order valence-electron chi connectivity index (χ1n) is 10.2. The van der Waals surface area contributed by atoms with Crippen LogP contribution in [0.3, 0.4) is 0 Å². The monoisotopic (exact) mass is 412 g/mol. The summed E-state index contributed by atoms with van der Waals surface area (Å²) in [5.41, 5.74) is 11.7. The van der Waals surface area contributed by atoms with Crippen LogP contribution in [0.4, 0.5) is 11.8 Å². The number of aromatic amines is 2. The Morgan fingerprint density at radius 3 is 2.84 bits per heavy atom. The van der Waals surface area contributed by atoms with Gasteiger partial charge < -0.3 is 25.8 Å². The van der Waals surface area contributed by atoms with Gasteiger partial charge in [-0.05, 0) is 53.3 Å². The van der Waals surface area contributed by atoms with E-state index in [-0.39, 0.29) is 0 Å². The molecule has 7 heteroatoms. The Bertz CT molecular complexity index is 1350. The fourth-order valence-electron chi connectivity index (χ4n) is 3.88. The van der Waals surface area contributed by atoms with E-state index in [2.05, 4.69) is 55.6 Å². The summed E-state index contributed by atoms with van der Waals surface area (Å²) in [5.74, 6) is 1.89. The Kier molecular flexibility index (Phi) is 4.92. The maximum Gasteiger partial charge on any atom is 0.224 e. The summed E-state index contributed by atoms with van der Waals surface area (Å²) in [7, 11) is 1.67. The number of nitrogens with one attached hydrogen (secondary N) is 3. The predicted octanol–water partition coefficient (Wildman–Crippen LogP) is 4.28. The van der Waals surface area contributed by atoms with E-state index in [9.17, 15) is 0 Å². The van der Waals surface area contributed by atoms with Crippen molar-refractivity contribution in [3.8, 4) is 5.75 Å². The third-order valence-electron chi connectivity index (χ3n) is 5.56. The fourth-order valence-corrected chi connectivity index (χ4v) is 3.88. The molecule has 5 aromatic rings. The lowest BCUT2D eigenvalue weighted by atomic mass is 10.1. The Balaban J connectivity index is 1.23. The number of nitrogen functional groups attached to an aromatic ring is 1. The highest BCUT2D eigenvalue weighted by Gasteiger charge is 2.08. The number of aromatic nitrogens is 4. The van der Waals surface area contributed by atoms with Crippen molar-refractivity contribution < 1.29 is 4.74 Å². The van der Waals surface area contributed by atoms with Gasteiger partial charge in [0.1, 0.15) is 11.6 Å². The lowest BCUT2D eigenvalue weighted by Gasteiger charge is -2.09. The molecule has 0 aliphatic carbocycles. The normalized spacial score (nSPS) is 11.3. The molecule has 156 valence electrons. The van der Waals surface area contributed by atoms with Gasteiger partial charge in [-0.25, -0.2) is 4.98 Å². The summed E-state index contributed by atoms with van der Waals surface area (Å²) in [5, 5.41) is 5.66. The molecule has 0 atom stereocenters. The average Bonchev–Trinajstić information content (AvgIpc) is 3.41. The first-order chi connectivity index (χ1) is 15.2. The third-order valence-corrected chi connectivity index (χ3v) is 5.56. The van der Waals surface area contributed by atoms with Crippen LogP contribution >= 0.6 is 0 Å². The van der Waals surface area contributed by atoms with Gasteiger partial charge in [0.25, 0.3) is 0 Å².